The van der Waals surface area contributed by atoms with Crippen molar-refractivity contribution in [3.63, 3.8) is 0 Å². The number of hydrogen-bond donors (Lipinski definition) is 0. The van der Waals surface area contributed by atoms with E-state index in [-0.39, 0.29) is 18.5 Å². The summed E-state index contributed by atoms with van der Waals surface area (Å²) in [5.41, 5.74) is 0.424. The summed E-state index contributed by atoms with van der Waals surface area (Å²) in [6.07, 6.45) is 1.65. The monoisotopic (exact) mass is 257 g/mol. The SMILES string of the molecule is CC(C)OCC(=O)c1ncccc1Br. The highest BCUT2D eigenvalue weighted by atomic mass is 79.9. The number of halogens is 1. The van der Waals surface area contributed by atoms with Gasteiger partial charge in [0.2, 0.25) is 5.78 Å². The smallest absolute Gasteiger partial charge is 0.207 e. The number of ketones is 1. The van der Waals surface area contributed by atoms with E-state index in [0.717, 1.165) is 0 Å². The summed E-state index contributed by atoms with van der Waals surface area (Å²) in [6.45, 7) is 3.86. The molecule has 0 saturated carbocycles. The standard InChI is InChI=1S/C10H12BrNO2/c1-7(2)14-6-9(13)10-8(11)4-3-5-12-10/h3-5,7H,6H2,1-2H3. The number of nitrogens with zero attached hydrogens (tertiary/aromatic N) is 1. The first kappa shape index (κ1) is 11.3. The average Bonchev–Trinajstić information content (AvgIpc) is 2.15. The van der Waals surface area contributed by atoms with Crippen molar-refractivity contribution < 1.29 is 9.53 Å². The molecule has 14 heavy (non-hydrogen) atoms. The molecule has 0 atom stereocenters. The fraction of sp³-hybridized carbons (Fsp3) is 0.400. The summed E-state index contributed by atoms with van der Waals surface area (Å²) >= 11 is 3.27. The molecule has 0 aliphatic heterocycles. The van der Waals surface area contributed by atoms with Crippen LogP contribution in [0.15, 0.2) is 22.8 Å². The first-order valence-electron chi connectivity index (χ1n) is 4.36. The van der Waals surface area contributed by atoms with E-state index in [1.165, 1.54) is 0 Å². The van der Waals surface area contributed by atoms with Gasteiger partial charge in [0.05, 0.1) is 6.10 Å². The second-order valence-electron chi connectivity index (χ2n) is 3.12. The minimum atomic E-state index is -0.105. The average molecular weight is 258 g/mol. The third-order valence-corrected chi connectivity index (χ3v) is 2.21. The zero-order valence-corrected chi connectivity index (χ0v) is 9.74. The largest absolute Gasteiger partial charge is 0.371 e. The van der Waals surface area contributed by atoms with Crippen molar-refractivity contribution in [2.75, 3.05) is 6.61 Å². The van der Waals surface area contributed by atoms with Crippen molar-refractivity contribution in [1.82, 2.24) is 4.98 Å². The molecule has 0 saturated heterocycles. The van der Waals surface area contributed by atoms with Crippen LogP contribution in [0.4, 0.5) is 0 Å². The molecule has 3 nitrogen and oxygen atoms in total. The second-order valence-corrected chi connectivity index (χ2v) is 3.97. The normalized spacial score (nSPS) is 10.6. The molecule has 4 heteroatoms. The van der Waals surface area contributed by atoms with Gasteiger partial charge in [-0.3, -0.25) is 9.78 Å². The molecular formula is C10H12BrNO2. The van der Waals surface area contributed by atoms with E-state index in [1.807, 2.05) is 13.8 Å². The molecular weight excluding hydrogens is 246 g/mol. The molecule has 1 rings (SSSR count). The van der Waals surface area contributed by atoms with E-state index >= 15 is 0 Å². The van der Waals surface area contributed by atoms with Gasteiger partial charge in [0.25, 0.3) is 0 Å². The Morgan fingerprint density at radius 2 is 2.36 bits per heavy atom. The molecule has 0 N–H and O–H groups in total. The lowest BCUT2D eigenvalue weighted by Crippen LogP contribution is -2.15. The fourth-order valence-corrected chi connectivity index (χ4v) is 1.38. The molecule has 0 aromatic carbocycles. The number of pyridine rings is 1. The third kappa shape index (κ3) is 3.20. The van der Waals surface area contributed by atoms with Crippen molar-refractivity contribution in [2.24, 2.45) is 0 Å². The van der Waals surface area contributed by atoms with Crippen LogP contribution in [-0.2, 0) is 4.74 Å². The number of Topliss-reactive ketones (excluding diaryl/α,β-unsaturated/α-hetero) is 1. The number of aromatic nitrogens is 1. The maximum absolute atomic E-state index is 11.6. The Kier molecular flexibility index (Phi) is 4.22. The highest BCUT2D eigenvalue weighted by molar-refractivity contribution is 9.10. The van der Waals surface area contributed by atoms with Gasteiger partial charge in [-0.2, -0.15) is 0 Å². The zero-order valence-electron chi connectivity index (χ0n) is 8.16. The molecule has 0 fully saturated rings. The Bertz CT molecular complexity index is 326. The Labute approximate surface area is 91.6 Å². The first-order chi connectivity index (χ1) is 6.61. The van der Waals surface area contributed by atoms with Crippen LogP contribution in [0.2, 0.25) is 0 Å². The van der Waals surface area contributed by atoms with Crippen LogP contribution in [0.3, 0.4) is 0 Å². The van der Waals surface area contributed by atoms with E-state index in [4.69, 9.17) is 4.74 Å². The molecule has 0 bridgehead atoms. The summed E-state index contributed by atoms with van der Waals surface area (Å²) in [4.78, 5) is 15.5. The maximum Gasteiger partial charge on any atom is 0.207 e. The van der Waals surface area contributed by atoms with Crippen LogP contribution >= 0.6 is 15.9 Å². The molecule has 1 aromatic rings. The lowest BCUT2D eigenvalue weighted by atomic mass is 10.2. The van der Waals surface area contributed by atoms with Crippen LogP contribution < -0.4 is 0 Å². The highest BCUT2D eigenvalue weighted by Crippen LogP contribution is 2.13. The lowest BCUT2D eigenvalue weighted by molar-refractivity contribution is 0.0580. The topological polar surface area (TPSA) is 39.2 Å². The van der Waals surface area contributed by atoms with E-state index in [1.54, 1.807) is 18.3 Å². The molecule has 0 unspecified atom stereocenters. The molecule has 0 aliphatic rings. The summed E-state index contributed by atoms with van der Waals surface area (Å²) in [5, 5.41) is 0. The lowest BCUT2D eigenvalue weighted by Gasteiger charge is -2.06. The van der Waals surface area contributed by atoms with Crippen LogP contribution in [0.25, 0.3) is 0 Å². The van der Waals surface area contributed by atoms with Gasteiger partial charge in [-0.05, 0) is 41.9 Å². The van der Waals surface area contributed by atoms with Gasteiger partial charge >= 0.3 is 0 Å². The van der Waals surface area contributed by atoms with Gasteiger partial charge in [-0.15, -0.1) is 0 Å². The molecule has 1 aromatic heterocycles. The molecule has 0 spiro atoms. The van der Waals surface area contributed by atoms with Gasteiger partial charge in [0.15, 0.2) is 0 Å². The van der Waals surface area contributed by atoms with Gasteiger partial charge in [-0.25, -0.2) is 0 Å². The van der Waals surface area contributed by atoms with Crippen LogP contribution in [0.1, 0.15) is 24.3 Å². The Morgan fingerprint density at radius 3 is 2.93 bits per heavy atom. The summed E-state index contributed by atoms with van der Waals surface area (Å²) < 4.78 is 5.91. The predicted octanol–water partition coefficient (Wildman–Crippen LogP) is 2.45. The van der Waals surface area contributed by atoms with Gasteiger partial charge in [-0.1, -0.05) is 0 Å². The van der Waals surface area contributed by atoms with E-state index in [9.17, 15) is 4.79 Å². The van der Waals surface area contributed by atoms with Crippen molar-refractivity contribution in [3.05, 3.63) is 28.5 Å². The van der Waals surface area contributed by atoms with E-state index in [2.05, 4.69) is 20.9 Å². The van der Waals surface area contributed by atoms with Crippen molar-refractivity contribution in [2.45, 2.75) is 20.0 Å². The van der Waals surface area contributed by atoms with Gasteiger partial charge in [0, 0.05) is 10.7 Å². The molecule has 76 valence electrons. The van der Waals surface area contributed by atoms with Crippen LogP contribution in [-0.4, -0.2) is 23.5 Å². The highest BCUT2D eigenvalue weighted by Gasteiger charge is 2.11. The van der Waals surface area contributed by atoms with Gasteiger partial charge in [0.1, 0.15) is 12.3 Å². The van der Waals surface area contributed by atoms with Gasteiger partial charge < -0.3 is 4.74 Å². The first-order valence-corrected chi connectivity index (χ1v) is 5.16. The van der Waals surface area contributed by atoms with Crippen LogP contribution in [0.5, 0.6) is 0 Å². The fourth-order valence-electron chi connectivity index (χ4n) is 0.902. The summed E-state index contributed by atoms with van der Waals surface area (Å²) in [6, 6.07) is 3.56. The quantitative estimate of drug-likeness (QED) is 0.778. The molecule has 0 radical (unpaired) electrons. The second kappa shape index (κ2) is 5.22. The number of carbonyl (C=O) groups is 1. The van der Waals surface area contributed by atoms with Crippen LogP contribution in [0, 0.1) is 0 Å². The third-order valence-electron chi connectivity index (χ3n) is 1.57. The van der Waals surface area contributed by atoms with Crippen molar-refractivity contribution in [3.8, 4) is 0 Å². The Balaban J connectivity index is 2.65. The minimum absolute atomic E-state index is 0.0569. The van der Waals surface area contributed by atoms with E-state index in [0.29, 0.717) is 10.2 Å². The molecule has 1 heterocycles. The summed E-state index contributed by atoms with van der Waals surface area (Å²) in [7, 11) is 0. The predicted molar refractivity (Wildman–Crippen MR) is 57.4 cm³/mol. The zero-order chi connectivity index (χ0) is 10.6. The van der Waals surface area contributed by atoms with E-state index < -0.39 is 0 Å². The number of hydrogen-bond acceptors (Lipinski definition) is 3. The minimum Gasteiger partial charge on any atom is -0.371 e. The maximum atomic E-state index is 11.6. The van der Waals surface area contributed by atoms with Crippen molar-refractivity contribution >= 4 is 21.7 Å². The number of ether oxygens (including phenoxy) is 1. The molecule has 0 aliphatic carbocycles. The summed E-state index contributed by atoms with van der Waals surface area (Å²) in [5.74, 6) is -0.105. The Hall–Kier alpha value is -0.740. The number of carbonyl (C=O) groups excluding carboxylic acids is 1. The Morgan fingerprint density at radius 1 is 1.64 bits per heavy atom. The number of rotatable bonds is 4. The molecule has 0 amide bonds. The van der Waals surface area contributed by atoms with Crippen molar-refractivity contribution in [1.29, 1.82) is 0 Å².